The van der Waals surface area contributed by atoms with E-state index < -0.39 is 0 Å². The minimum atomic E-state index is -0.0852. The number of benzene rings is 9. The molecule has 0 bridgehead atoms. The van der Waals surface area contributed by atoms with Crippen molar-refractivity contribution in [2.24, 2.45) is 0 Å². The highest BCUT2D eigenvalue weighted by Crippen LogP contribution is 2.50. The number of rotatable bonds is 8. The molecule has 0 spiro atoms. The molecule has 0 amide bonds. The number of fused-ring (bicyclic) bond motifs is 6. The van der Waals surface area contributed by atoms with Crippen LogP contribution in [0.1, 0.15) is 47.6 Å². The van der Waals surface area contributed by atoms with Gasteiger partial charge in [-0.3, -0.25) is 0 Å². The Morgan fingerprint density at radius 3 is 1.67 bits per heavy atom. The third-order valence-corrected chi connectivity index (χ3v) is 12.7. The molecule has 1 aromatic heterocycles. The third kappa shape index (κ3) is 5.95. The van der Waals surface area contributed by atoms with Gasteiger partial charge in [0, 0.05) is 44.9 Å². The van der Waals surface area contributed by atoms with Crippen LogP contribution in [0.15, 0.2) is 224 Å². The molecule has 0 N–H and O–H groups in total. The predicted octanol–water partition coefficient (Wildman–Crippen LogP) is 15.4. The van der Waals surface area contributed by atoms with E-state index in [0.717, 1.165) is 17.1 Å². The van der Waals surface area contributed by atoms with E-state index >= 15 is 0 Å². The van der Waals surface area contributed by atoms with Gasteiger partial charge in [0.25, 0.3) is 0 Å². The van der Waals surface area contributed by atoms with Crippen LogP contribution >= 0.6 is 0 Å². The number of hydrogen-bond donors (Lipinski definition) is 0. The van der Waals surface area contributed by atoms with Crippen molar-refractivity contribution in [3.05, 3.63) is 252 Å². The molecule has 0 saturated heterocycles. The Labute approximate surface area is 352 Å². The normalized spacial score (nSPS) is 13.2. The molecule has 1 aliphatic carbocycles. The first-order valence-corrected chi connectivity index (χ1v) is 21.0. The Morgan fingerprint density at radius 2 is 0.917 bits per heavy atom. The molecule has 60 heavy (non-hydrogen) atoms. The zero-order valence-electron chi connectivity index (χ0n) is 33.8. The molecular weight excluding hydrogens is 725 g/mol. The maximum atomic E-state index is 2.49. The second kappa shape index (κ2) is 14.4. The molecule has 1 heterocycles. The maximum Gasteiger partial charge on any atom is 0.0544 e. The van der Waals surface area contributed by atoms with Gasteiger partial charge in [-0.2, -0.15) is 0 Å². The lowest BCUT2D eigenvalue weighted by Gasteiger charge is -2.27. The summed E-state index contributed by atoms with van der Waals surface area (Å²) < 4.78 is 2.49. The largest absolute Gasteiger partial charge is 0.311 e. The molecule has 0 aliphatic heterocycles. The van der Waals surface area contributed by atoms with Crippen molar-refractivity contribution in [2.75, 3.05) is 4.90 Å². The first kappa shape index (κ1) is 35.7. The standard InChI is InChI=1S/C58H44N2/c1-58(2)53-24-14-12-22-49(53)50-37-35-48(39-54(50)58)60-55-25-15-13-23-51(55)52-36-30-44(38-56(52)60)57(42-18-8-4-9-19-42)43-28-33-47(34-29-43)59(45-20-10-5-11-21-45)46-31-26-41(27-32-46)40-16-6-3-7-17-40/h3-39,57H,1-2H3. The summed E-state index contributed by atoms with van der Waals surface area (Å²) >= 11 is 0. The van der Waals surface area contributed by atoms with Gasteiger partial charge in [-0.25, -0.2) is 0 Å². The van der Waals surface area contributed by atoms with Crippen LogP contribution in [-0.2, 0) is 5.41 Å². The van der Waals surface area contributed by atoms with Crippen LogP contribution in [0.2, 0.25) is 0 Å². The molecule has 0 saturated carbocycles. The zero-order chi connectivity index (χ0) is 40.2. The van der Waals surface area contributed by atoms with Crippen LogP contribution in [0.5, 0.6) is 0 Å². The van der Waals surface area contributed by atoms with Crippen molar-refractivity contribution in [1.29, 1.82) is 0 Å². The number of para-hydroxylation sites is 2. The van der Waals surface area contributed by atoms with Gasteiger partial charge in [-0.1, -0.05) is 178 Å². The fraction of sp³-hybridized carbons (Fsp3) is 0.0690. The van der Waals surface area contributed by atoms with Crippen molar-refractivity contribution >= 4 is 38.9 Å². The van der Waals surface area contributed by atoms with Crippen molar-refractivity contribution in [2.45, 2.75) is 25.2 Å². The number of nitrogens with zero attached hydrogens (tertiary/aromatic N) is 2. The van der Waals surface area contributed by atoms with Crippen molar-refractivity contribution in [1.82, 2.24) is 4.57 Å². The van der Waals surface area contributed by atoms with Crippen LogP contribution in [0.25, 0.3) is 49.7 Å². The molecule has 11 rings (SSSR count). The fourth-order valence-corrected chi connectivity index (χ4v) is 9.77. The topological polar surface area (TPSA) is 8.17 Å². The monoisotopic (exact) mass is 768 g/mol. The second-order valence-corrected chi connectivity index (χ2v) is 16.5. The van der Waals surface area contributed by atoms with E-state index in [4.69, 9.17) is 0 Å². The van der Waals surface area contributed by atoms with Crippen LogP contribution in [-0.4, -0.2) is 4.57 Å². The summed E-state index contributed by atoms with van der Waals surface area (Å²) in [6.45, 7) is 4.73. The second-order valence-electron chi connectivity index (χ2n) is 16.5. The highest BCUT2D eigenvalue weighted by molar-refractivity contribution is 6.09. The van der Waals surface area contributed by atoms with E-state index in [-0.39, 0.29) is 11.3 Å². The number of aromatic nitrogens is 1. The van der Waals surface area contributed by atoms with E-state index in [9.17, 15) is 0 Å². The third-order valence-electron chi connectivity index (χ3n) is 12.7. The maximum absolute atomic E-state index is 2.49. The smallest absolute Gasteiger partial charge is 0.0544 e. The number of hydrogen-bond acceptors (Lipinski definition) is 1. The summed E-state index contributed by atoms with van der Waals surface area (Å²) in [5.74, 6) is 0.0277. The van der Waals surface area contributed by atoms with E-state index in [1.54, 1.807) is 0 Å². The van der Waals surface area contributed by atoms with Gasteiger partial charge in [0.2, 0.25) is 0 Å². The summed E-state index contributed by atoms with van der Waals surface area (Å²) in [4.78, 5) is 2.34. The van der Waals surface area contributed by atoms with Crippen LogP contribution in [0.4, 0.5) is 17.1 Å². The highest BCUT2D eigenvalue weighted by Gasteiger charge is 2.35. The van der Waals surface area contributed by atoms with Gasteiger partial charge in [0.05, 0.1) is 11.0 Å². The van der Waals surface area contributed by atoms with E-state index in [2.05, 4.69) is 248 Å². The average Bonchev–Trinajstić information content (AvgIpc) is 3.76. The first-order chi connectivity index (χ1) is 29.5. The molecule has 286 valence electrons. The summed E-state index contributed by atoms with van der Waals surface area (Å²) in [6, 6.07) is 82.3. The molecule has 9 aromatic carbocycles. The molecule has 0 fully saturated rings. The zero-order valence-corrected chi connectivity index (χ0v) is 33.8. The Morgan fingerprint density at radius 1 is 0.383 bits per heavy atom. The number of anilines is 3. The average molecular weight is 769 g/mol. The quantitative estimate of drug-likeness (QED) is 0.140. The molecule has 1 unspecified atom stereocenters. The summed E-state index contributed by atoms with van der Waals surface area (Å²) in [5, 5.41) is 2.52. The van der Waals surface area contributed by atoms with Crippen molar-refractivity contribution < 1.29 is 0 Å². The molecule has 1 atom stereocenters. The highest BCUT2D eigenvalue weighted by atomic mass is 15.1. The molecule has 0 radical (unpaired) electrons. The van der Waals surface area contributed by atoms with E-state index in [0.29, 0.717) is 0 Å². The van der Waals surface area contributed by atoms with E-state index in [1.807, 2.05) is 0 Å². The lowest BCUT2D eigenvalue weighted by atomic mass is 9.82. The Kier molecular flexibility index (Phi) is 8.60. The van der Waals surface area contributed by atoms with Gasteiger partial charge in [-0.15, -0.1) is 0 Å². The molecule has 2 nitrogen and oxygen atoms in total. The van der Waals surface area contributed by atoms with Gasteiger partial charge in [-0.05, 0) is 111 Å². The molecular formula is C58H44N2. The Bertz CT molecular complexity index is 3140. The van der Waals surface area contributed by atoms with Crippen LogP contribution in [0, 0.1) is 0 Å². The Hall–Kier alpha value is -7.42. The molecule has 10 aromatic rings. The lowest BCUT2D eigenvalue weighted by Crippen LogP contribution is -2.15. The molecule has 2 heteroatoms. The van der Waals surface area contributed by atoms with Gasteiger partial charge >= 0.3 is 0 Å². The minimum Gasteiger partial charge on any atom is -0.311 e. The SMILES string of the molecule is CC1(C)c2ccccc2-c2ccc(-n3c4ccccc4c4ccc(C(c5ccccc5)c5ccc(N(c6ccccc6)c6ccc(-c7ccccc7)cc6)cc5)cc43)cc21. The minimum absolute atomic E-state index is 0.0277. The lowest BCUT2D eigenvalue weighted by molar-refractivity contribution is 0.660. The fourth-order valence-electron chi connectivity index (χ4n) is 9.77. The van der Waals surface area contributed by atoms with Crippen molar-refractivity contribution in [3.63, 3.8) is 0 Å². The van der Waals surface area contributed by atoms with Gasteiger partial charge in [0.15, 0.2) is 0 Å². The summed E-state index contributed by atoms with van der Waals surface area (Å²) in [5.41, 5.74) is 18.5. The van der Waals surface area contributed by atoms with E-state index in [1.165, 1.54) is 77.6 Å². The van der Waals surface area contributed by atoms with Crippen LogP contribution in [0.3, 0.4) is 0 Å². The van der Waals surface area contributed by atoms with Crippen molar-refractivity contribution in [3.8, 4) is 27.9 Å². The summed E-state index contributed by atoms with van der Waals surface area (Å²) in [6.07, 6.45) is 0. The Balaban J connectivity index is 1.02. The predicted molar refractivity (Wildman–Crippen MR) is 252 cm³/mol. The van der Waals surface area contributed by atoms with Gasteiger partial charge < -0.3 is 9.47 Å². The summed E-state index contributed by atoms with van der Waals surface area (Å²) in [7, 11) is 0. The first-order valence-electron chi connectivity index (χ1n) is 21.0. The van der Waals surface area contributed by atoms with Gasteiger partial charge in [0.1, 0.15) is 0 Å². The molecule has 1 aliphatic rings. The van der Waals surface area contributed by atoms with Crippen LogP contribution < -0.4 is 4.90 Å².